The summed E-state index contributed by atoms with van der Waals surface area (Å²) in [6.45, 7) is 12.0. The quantitative estimate of drug-likeness (QED) is 0.548. The SMILES string of the molecule is C[Si](C)(C)OC(=O)CN(C=O)[Si](C)(C)C. The molecule has 0 aromatic heterocycles. The fraction of sp³-hybridized carbons (Fsp3) is 0.778. The molecule has 0 saturated heterocycles. The summed E-state index contributed by atoms with van der Waals surface area (Å²) < 4.78 is 6.87. The molecule has 6 heteroatoms. The van der Waals surface area contributed by atoms with Gasteiger partial charge in [0.15, 0.2) is 8.24 Å². The summed E-state index contributed by atoms with van der Waals surface area (Å²) in [7, 11) is -3.58. The van der Waals surface area contributed by atoms with Gasteiger partial charge in [-0.05, 0) is 19.6 Å². The summed E-state index contributed by atoms with van der Waals surface area (Å²) in [5.41, 5.74) is 0. The minimum atomic E-state index is -1.84. The van der Waals surface area contributed by atoms with Crippen molar-refractivity contribution in [3.05, 3.63) is 0 Å². The van der Waals surface area contributed by atoms with E-state index in [1.165, 1.54) is 0 Å². The zero-order valence-corrected chi connectivity index (χ0v) is 12.5. The Balaban J connectivity index is 4.33. The van der Waals surface area contributed by atoms with Gasteiger partial charge >= 0.3 is 5.97 Å². The van der Waals surface area contributed by atoms with Crippen LogP contribution in [0, 0.1) is 0 Å². The highest BCUT2D eigenvalue weighted by molar-refractivity contribution is 6.75. The van der Waals surface area contributed by atoms with Crippen LogP contribution in [-0.2, 0) is 14.0 Å². The monoisotopic (exact) mass is 247 g/mol. The van der Waals surface area contributed by atoms with Crippen LogP contribution in [-0.4, -0.2) is 40.0 Å². The van der Waals surface area contributed by atoms with Gasteiger partial charge in [0.2, 0.25) is 14.7 Å². The molecule has 0 N–H and O–H groups in total. The number of hydrogen-bond donors (Lipinski definition) is 0. The average molecular weight is 247 g/mol. The van der Waals surface area contributed by atoms with Crippen molar-refractivity contribution in [3.63, 3.8) is 0 Å². The molecule has 0 aliphatic rings. The summed E-state index contributed by atoms with van der Waals surface area (Å²) in [5.74, 6) is -0.288. The molecule has 0 aliphatic carbocycles. The van der Waals surface area contributed by atoms with E-state index in [4.69, 9.17) is 4.43 Å². The number of rotatable bonds is 5. The second-order valence-electron chi connectivity index (χ2n) is 5.49. The summed E-state index contributed by atoms with van der Waals surface area (Å²) >= 11 is 0. The van der Waals surface area contributed by atoms with Gasteiger partial charge in [-0.25, -0.2) is 0 Å². The van der Waals surface area contributed by atoms with E-state index in [0.717, 1.165) is 6.41 Å². The molecule has 1 amide bonds. The van der Waals surface area contributed by atoms with E-state index in [-0.39, 0.29) is 12.5 Å². The first-order valence-corrected chi connectivity index (χ1v) is 11.9. The Morgan fingerprint density at radius 2 is 1.67 bits per heavy atom. The van der Waals surface area contributed by atoms with Crippen molar-refractivity contribution in [2.45, 2.75) is 39.3 Å². The van der Waals surface area contributed by atoms with E-state index >= 15 is 0 Å². The Morgan fingerprint density at radius 1 is 1.20 bits per heavy atom. The number of amides is 1. The summed E-state index contributed by atoms with van der Waals surface area (Å²) in [6, 6.07) is 0. The van der Waals surface area contributed by atoms with Crippen LogP contribution in [0.1, 0.15) is 0 Å². The van der Waals surface area contributed by atoms with Gasteiger partial charge in [0.25, 0.3) is 0 Å². The standard InChI is InChI=1S/C9H21NO3Si2/c1-14(2,3)10(8-11)7-9(12)13-15(4,5)6/h8H,7H2,1-6H3. The number of hydrogen-bond acceptors (Lipinski definition) is 3. The van der Waals surface area contributed by atoms with Crippen LogP contribution in [0.3, 0.4) is 0 Å². The maximum Gasteiger partial charge on any atom is 0.311 e. The lowest BCUT2D eigenvalue weighted by Crippen LogP contribution is -2.49. The second kappa shape index (κ2) is 4.93. The molecule has 0 fully saturated rings. The highest BCUT2D eigenvalue weighted by Crippen LogP contribution is 2.08. The molecule has 0 rings (SSSR count). The normalized spacial score (nSPS) is 12.1. The molecule has 0 radical (unpaired) electrons. The third-order valence-corrected chi connectivity index (χ3v) is 4.54. The lowest BCUT2D eigenvalue weighted by molar-refractivity contribution is -0.137. The molecule has 0 aromatic rings. The third-order valence-electron chi connectivity index (χ3n) is 1.71. The molecule has 0 aromatic carbocycles. The van der Waals surface area contributed by atoms with Gasteiger partial charge in [-0.15, -0.1) is 0 Å². The van der Waals surface area contributed by atoms with Crippen molar-refractivity contribution in [2.24, 2.45) is 0 Å². The van der Waals surface area contributed by atoms with Gasteiger partial charge < -0.3 is 8.99 Å². The van der Waals surface area contributed by atoms with Crippen LogP contribution in [0.15, 0.2) is 0 Å². The summed E-state index contributed by atoms with van der Waals surface area (Å²) in [4.78, 5) is 22.3. The minimum Gasteiger partial charge on any atom is -0.519 e. The third kappa shape index (κ3) is 6.45. The van der Waals surface area contributed by atoms with Gasteiger partial charge in [0.05, 0.1) is 0 Å². The van der Waals surface area contributed by atoms with Crippen molar-refractivity contribution in [2.75, 3.05) is 6.54 Å². The van der Waals surface area contributed by atoms with Gasteiger partial charge in [-0.1, -0.05) is 19.6 Å². The first kappa shape index (κ1) is 14.4. The Hall–Kier alpha value is -0.626. The maximum atomic E-state index is 11.5. The van der Waals surface area contributed by atoms with E-state index in [0.29, 0.717) is 0 Å². The molecule has 0 atom stereocenters. The fourth-order valence-electron chi connectivity index (χ4n) is 0.945. The van der Waals surface area contributed by atoms with Crippen molar-refractivity contribution in [1.29, 1.82) is 0 Å². The number of carbonyl (C=O) groups is 2. The second-order valence-corrected chi connectivity index (χ2v) is 14.8. The smallest absolute Gasteiger partial charge is 0.311 e. The molecule has 0 heterocycles. The van der Waals surface area contributed by atoms with Crippen LogP contribution in [0.4, 0.5) is 0 Å². The predicted octanol–water partition coefficient (Wildman–Crippen LogP) is 1.66. The van der Waals surface area contributed by atoms with Gasteiger partial charge in [-0.3, -0.25) is 9.59 Å². The highest BCUT2D eigenvalue weighted by atomic mass is 28.4. The van der Waals surface area contributed by atoms with Crippen molar-refractivity contribution < 1.29 is 14.0 Å². The van der Waals surface area contributed by atoms with Crippen LogP contribution in [0.5, 0.6) is 0 Å². The Labute approximate surface area is 93.8 Å². The minimum absolute atomic E-state index is 0.0868. The lowest BCUT2D eigenvalue weighted by atomic mass is 10.7. The molecule has 88 valence electrons. The Kier molecular flexibility index (Phi) is 4.73. The molecule has 0 spiro atoms. The zero-order valence-electron chi connectivity index (χ0n) is 10.5. The van der Waals surface area contributed by atoms with Crippen molar-refractivity contribution >= 4 is 28.9 Å². The topological polar surface area (TPSA) is 46.6 Å². The molecular weight excluding hydrogens is 226 g/mol. The van der Waals surface area contributed by atoms with Crippen molar-refractivity contribution in [3.8, 4) is 0 Å². The van der Waals surface area contributed by atoms with E-state index in [2.05, 4.69) is 0 Å². The first-order valence-electron chi connectivity index (χ1n) is 5.00. The molecule has 4 nitrogen and oxygen atoms in total. The van der Waals surface area contributed by atoms with Gasteiger partial charge in [0.1, 0.15) is 6.54 Å². The van der Waals surface area contributed by atoms with E-state index in [9.17, 15) is 9.59 Å². The molecule has 15 heavy (non-hydrogen) atoms. The van der Waals surface area contributed by atoms with Crippen LogP contribution >= 0.6 is 0 Å². The molecule has 0 saturated carbocycles. The summed E-state index contributed by atoms with van der Waals surface area (Å²) in [5, 5.41) is 0. The Morgan fingerprint density at radius 3 is 1.93 bits per heavy atom. The van der Waals surface area contributed by atoms with E-state index < -0.39 is 16.6 Å². The fourth-order valence-corrected chi connectivity index (χ4v) is 2.61. The van der Waals surface area contributed by atoms with E-state index in [1.54, 1.807) is 4.57 Å². The maximum absolute atomic E-state index is 11.5. The van der Waals surface area contributed by atoms with Crippen molar-refractivity contribution in [1.82, 2.24) is 4.57 Å². The predicted molar refractivity (Wildman–Crippen MR) is 65.6 cm³/mol. The highest BCUT2D eigenvalue weighted by Gasteiger charge is 2.27. The average Bonchev–Trinajstić information content (AvgIpc) is 1.94. The van der Waals surface area contributed by atoms with Crippen LogP contribution in [0.25, 0.3) is 0 Å². The first-order chi connectivity index (χ1) is 6.56. The Bertz CT molecular complexity index is 243. The molecular formula is C9H21NO3Si2. The molecule has 0 unspecified atom stereocenters. The summed E-state index contributed by atoms with van der Waals surface area (Å²) in [6.07, 6.45) is 0.748. The largest absolute Gasteiger partial charge is 0.519 e. The van der Waals surface area contributed by atoms with Gasteiger partial charge in [-0.2, -0.15) is 0 Å². The van der Waals surface area contributed by atoms with E-state index in [1.807, 2.05) is 39.3 Å². The number of nitrogens with zero attached hydrogens (tertiary/aromatic N) is 1. The van der Waals surface area contributed by atoms with Crippen LogP contribution < -0.4 is 0 Å². The molecule has 0 aliphatic heterocycles. The molecule has 0 bridgehead atoms. The number of carbonyl (C=O) groups excluding carboxylic acids is 2. The van der Waals surface area contributed by atoms with Gasteiger partial charge in [0, 0.05) is 0 Å². The zero-order chi connectivity index (χ0) is 12.3. The lowest BCUT2D eigenvalue weighted by Gasteiger charge is -2.30. The van der Waals surface area contributed by atoms with Crippen LogP contribution in [0.2, 0.25) is 39.3 Å².